The van der Waals surface area contributed by atoms with Gasteiger partial charge in [0.05, 0.1) is 6.61 Å². The molecule has 0 aliphatic heterocycles. The van der Waals surface area contributed by atoms with E-state index in [9.17, 15) is 4.79 Å². The van der Waals surface area contributed by atoms with Crippen molar-refractivity contribution in [1.29, 1.82) is 0 Å². The fourth-order valence-corrected chi connectivity index (χ4v) is 2.56. The minimum Gasteiger partial charge on any atom is -0.494 e. The molecule has 0 radical (unpaired) electrons. The molecule has 0 bridgehead atoms. The van der Waals surface area contributed by atoms with Crippen LogP contribution < -0.4 is 15.8 Å². The summed E-state index contributed by atoms with van der Waals surface area (Å²) in [5.41, 5.74) is 6.96. The molecule has 0 fully saturated rings. The largest absolute Gasteiger partial charge is 0.494 e. The summed E-state index contributed by atoms with van der Waals surface area (Å²) < 4.78 is 5.72. The Hall–Kier alpha value is -2.37. The maximum Gasteiger partial charge on any atom is 0.244 e. The quantitative estimate of drug-likeness (QED) is 0.678. The molecule has 140 valence electrons. The van der Waals surface area contributed by atoms with Crippen molar-refractivity contribution in [1.82, 2.24) is 10.2 Å². The van der Waals surface area contributed by atoms with Crippen molar-refractivity contribution in [2.75, 3.05) is 27.2 Å². The van der Waals surface area contributed by atoms with Crippen LogP contribution >= 0.6 is 0 Å². The van der Waals surface area contributed by atoms with Gasteiger partial charge in [-0.05, 0) is 50.7 Å². The SMILES string of the molecule is CN(C)CCCOc1ccc(CNC(=O)C(C)(N)c2ccccc2)cc1. The van der Waals surface area contributed by atoms with Crippen LogP contribution in [0.1, 0.15) is 24.5 Å². The number of rotatable bonds is 9. The highest BCUT2D eigenvalue weighted by molar-refractivity contribution is 5.86. The average molecular weight is 355 g/mol. The lowest BCUT2D eigenvalue weighted by atomic mass is 9.92. The second-order valence-electron chi connectivity index (χ2n) is 6.90. The molecule has 0 saturated carbocycles. The highest BCUT2D eigenvalue weighted by atomic mass is 16.5. The fraction of sp³-hybridized carbons (Fsp3) is 0.381. The average Bonchev–Trinajstić information content (AvgIpc) is 2.64. The van der Waals surface area contributed by atoms with Crippen molar-refractivity contribution in [3.8, 4) is 5.75 Å². The van der Waals surface area contributed by atoms with Gasteiger partial charge in [-0.15, -0.1) is 0 Å². The summed E-state index contributed by atoms with van der Waals surface area (Å²) in [5.74, 6) is 0.638. The van der Waals surface area contributed by atoms with E-state index in [0.29, 0.717) is 13.2 Å². The number of ether oxygens (including phenoxy) is 1. The highest BCUT2D eigenvalue weighted by Crippen LogP contribution is 2.18. The molecule has 0 aromatic heterocycles. The zero-order chi connectivity index (χ0) is 19.0. The molecule has 26 heavy (non-hydrogen) atoms. The molecule has 5 heteroatoms. The molecule has 0 spiro atoms. The van der Waals surface area contributed by atoms with E-state index in [1.54, 1.807) is 6.92 Å². The van der Waals surface area contributed by atoms with Crippen molar-refractivity contribution in [2.24, 2.45) is 5.73 Å². The van der Waals surface area contributed by atoms with Crippen LogP contribution in [0.4, 0.5) is 0 Å². The van der Waals surface area contributed by atoms with Gasteiger partial charge in [0.25, 0.3) is 0 Å². The number of amides is 1. The van der Waals surface area contributed by atoms with E-state index in [-0.39, 0.29) is 5.91 Å². The smallest absolute Gasteiger partial charge is 0.244 e. The molecule has 1 amide bonds. The van der Waals surface area contributed by atoms with Gasteiger partial charge in [0.15, 0.2) is 0 Å². The monoisotopic (exact) mass is 355 g/mol. The molecular formula is C21H29N3O2. The van der Waals surface area contributed by atoms with E-state index in [1.807, 2.05) is 68.7 Å². The lowest BCUT2D eigenvalue weighted by molar-refractivity contribution is -0.126. The summed E-state index contributed by atoms with van der Waals surface area (Å²) >= 11 is 0. The predicted octanol–water partition coefficient (Wildman–Crippen LogP) is 2.51. The molecule has 2 rings (SSSR count). The van der Waals surface area contributed by atoms with E-state index in [4.69, 9.17) is 10.5 Å². The minimum atomic E-state index is -1.06. The van der Waals surface area contributed by atoms with Gasteiger partial charge >= 0.3 is 0 Å². The molecular weight excluding hydrogens is 326 g/mol. The lowest BCUT2D eigenvalue weighted by Crippen LogP contribution is -2.48. The molecule has 3 N–H and O–H groups in total. The number of carbonyl (C=O) groups excluding carboxylic acids is 1. The molecule has 5 nitrogen and oxygen atoms in total. The Labute approximate surface area is 156 Å². The summed E-state index contributed by atoms with van der Waals surface area (Å²) in [6.45, 7) is 3.85. The van der Waals surface area contributed by atoms with E-state index in [0.717, 1.165) is 29.8 Å². The highest BCUT2D eigenvalue weighted by Gasteiger charge is 2.29. The summed E-state index contributed by atoms with van der Waals surface area (Å²) in [6.07, 6.45) is 0.985. The summed E-state index contributed by atoms with van der Waals surface area (Å²) in [4.78, 5) is 14.6. The summed E-state index contributed by atoms with van der Waals surface area (Å²) in [6, 6.07) is 17.2. The molecule has 1 unspecified atom stereocenters. The van der Waals surface area contributed by atoms with Crippen LogP contribution in [0.3, 0.4) is 0 Å². The van der Waals surface area contributed by atoms with E-state index < -0.39 is 5.54 Å². The van der Waals surface area contributed by atoms with E-state index >= 15 is 0 Å². The predicted molar refractivity (Wildman–Crippen MR) is 105 cm³/mol. The number of carbonyl (C=O) groups is 1. The van der Waals surface area contributed by atoms with Crippen LogP contribution in [0.5, 0.6) is 5.75 Å². The Bertz CT molecular complexity index is 682. The van der Waals surface area contributed by atoms with Crippen molar-refractivity contribution >= 4 is 5.91 Å². The van der Waals surface area contributed by atoms with Crippen molar-refractivity contribution in [3.05, 3.63) is 65.7 Å². The maximum atomic E-state index is 12.5. The number of hydrogen-bond donors (Lipinski definition) is 2. The lowest BCUT2D eigenvalue weighted by Gasteiger charge is -2.24. The van der Waals surface area contributed by atoms with Gasteiger partial charge in [0.1, 0.15) is 11.3 Å². The number of hydrogen-bond acceptors (Lipinski definition) is 4. The molecule has 2 aromatic rings. The van der Waals surface area contributed by atoms with Crippen LogP contribution in [-0.2, 0) is 16.9 Å². The van der Waals surface area contributed by atoms with Gasteiger partial charge in [0, 0.05) is 13.1 Å². The normalized spacial score (nSPS) is 13.3. The number of nitrogens with zero attached hydrogens (tertiary/aromatic N) is 1. The summed E-state index contributed by atoms with van der Waals surface area (Å²) in [7, 11) is 4.10. The second kappa shape index (κ2) is 9.36. The maximum absolute atomic E-state index is 12.5. The van der Waals surface area contributed by atoms with Gasteiger partial charge in [-0.3, -0.25) is 4.79 Å². The minimum absolute atomic E-state index is 0.201. The third-order valence-electron chi connectivity index (χ3n) is 4.24. The zero-order valence-corrected chi connectivity index (χ0v) is 15.9. The third-order valence-corrected chi connectivity index (χ3v) is 4.24. The Morgan fingerprint density at radius 2 is 1.77 bits per heavy atom. The van der Waals surface area contributed by atoms with Gasteiger partial charge in [-0.1, -0.05) is 42.5 Å². The molecule has 0 saturated heterocycles. The van der Waals surface area contributed by atoms with E-state index in [2.05, 4.69) is 10.2 Å². The van der Waals surface area contributed by atoms with Crippen molar-refractivity contribution < 1.29 is 9.53 Å². The van der Waals surface area contributed by atoms with Crippen molar-refractivity contribution in [2.45, 2.75) is 25.4 Å². The number of nitrogens with one attached hydrogen (secondary N) is 1. The standard InChI is InChI=1S/C21H29N3O2/c1-21(22,18-8-5-4-6-9-18)20(25)23-16-17-10-12-19(13-11-17)26-15-7-14-24(2)3/h4-6,8-13H,7,14-16,22H2,1-3H3,(H,23,25). The second-order valence-corrected chi connectivity index (χ2v) is 6.90. The van der Waals surface area contributed by atoms with Crippen LogP contribution in [0.15, 0.2) is 54.6 Å². The van der Waals surface area contributed by atoms with Gasteiger partial charge < -0.3 is 20.7 Å². The Morgan fingerprint density at radius 1 is 1.12 bits per heavy atom. The van der Waals surface area contributed by atoms with Gasteiger partial charge in [-0.2, -0.15) is 0 Å². The first-order valence-electron chi connectivity index (χ1n) is 8.89. The number of nitrogens with two attached hydrogens (primary N) is 1. The molecule has 0 heterocycles. The van der Waals surface area contributed by atoms with Crippen LogP contribution in [0.25, 0.3) is 0 Å². The number of benzene rings is 2. The van der Waals surface area contributed by atoms with Crippen LogP contribution in [0, 0.1) is 0 Å². The first-order chi connectivity index (χ1) is 12.4. The topological polar surface area (TPSA) is 67.6 Å². The third kappa shape index (κ3) is 5.86. The Kier molecular flexibility index (Phi) is 7.18. The Balaban J connectivity index is 1.83. The molecule has 0 aliphatic carbocycles. The summed E-state index contributed by atoms with van der Waals surface area (Å²) in [5, 5.41) is 2.91. The first-order valence-corrected chi connectivity index (χ1v) is 8.89. The molecule has 0 aliphatic rings. The molecule has 1 atom stereocenters. The van der Waals surface area contributed by atoms with Gasteiger partial charge in [-0.25, -0.2) is 0 Å². The van der Waals surface area contributed by atoms with Crippen LogP contribution in [-0.4, -0.2) is 38.1 Å². The van der Waals surface area contributed by atoms with Crippen molar-refractivity contribution in [3.63, 3.8) is 0 Å². The van der Waals surface area contributed by atoms with Gasteiger partial charge in [0.2, 0.25) is 5.91 Å². The van der Waals surface area contributed by atoms with E-state index in [1.165, 1.54) is 0 Å². The molecule has 2 aromatic carbocycles. The fourth-order valence-electron chi connectivity index (χ4n) is 2.56. The Morgan fingerprint density at radius 3 is 2.38 bits per heavy atom. The zero-order valence-electron chi connectivity index (χ0n) is 15.9. The first kappa shape index (κ1) is 19.9. The van der Waals surface area contributed by atoms with Crippen LogP contribution in [0.2, 0.25) is 0 Å².